The number of benzene rings is 2. The minimum atomic E-state index is -0.461. The van der Waals surface area contributed by atoms with Crippen molar-refractivity contribution in [3.63, 3.8) is 0 Å². The molecule has 1 heterocycles. The van der Waals surface area contributed by atoms with Crippen LogP contribution in [-0.2, 0) is 9.59 Å². The minimum absolute atomic E-state index is 0.0360. The normalized spacial score (nSPS) is 27.3. The van der Waals surface area contributed by atoms with Crippen LogP contribution in [0.3, 0.4) is 0 Å². The van der Waals surface area contributed by atoms with Crippen LogP contribution in [-0.4, -0.2) is 32.1 Å². The van der Waals surface area contributed by atoms with Crippen molar-refractivity contribution in [2.45, 2.75) is 51.6 Å². The molecule has 2 fully saturated rings. The first-order valence-corrected chi connectivity index (χ1v) is 11.8. The summed E-state index contributed by atoms with van der Waals surface area (Å²) in [6.45, 7) is 4.48. The molecule has 6 heteroatoms. The Labute approximate surface area is 196 Å². The van der Waals surface area contributed by atoms with Crippen molar-refractivity contribution in [2.75, 3.05) is 19.1 Å². The van der Waals surface area contributed by atoms with Gasteiger partial charge in [-0.2, -0.15) is 0 Å². The molecule has 1 saturated heterocycles. The molecule has 0 unspecified atom stereocenters. The van der Waals surface area contributed by atoms with E-state index in [0.717, 1.165) is 35.6 Å². The van der Waals surface area contributed by atoms with E-state index < -0.39 is 5.92 Å². The van der Waals surface area contributed by atoms with E-state index in [1.165, 1.54) is 6.42 Å². The van der Waals surface area contributed by atoms with Gasteiger partial charge in [0.2, 0.25) is 11.8 Å². The van der Waals surface area contributed by atoms with Crippen LogP contribution in [0.15, 0.2) is 48.5 Å². The maximum Gasteiger partial charge on any atom is 0.228 e. The molecular weight excluding hydrogens is 416 g/mol. The molecule has 2 aromatic rings. The lowest BCUT2D eigenvalue weighted by molar-refractivity contribution is -0.128. The predicted molar refractivity (Wildman–Crippen MR) is 128 cm³/mol. The number of methoxy groups -OCH3 is 2. The van der Waals surface area contributed by atoms with Gasteiger partial charge in [0.05, 0.1) is 26.2 Å². The molecule has 6 nitrogen and oxygen atoms in total. The number of nitrogens with one attached hydrogen (secondary N) is 1. The number of carbonyl (C=O) groups is 2. The van der Waals surface area contributed by atoms with Crippen LogP contribution < -0.4 is 19.7 Å². The molecule has 0 radical (unpaired) electrons. The summed E-state index contributed by atoms with van der Waals surface area (Å²) < 4.78 is 10.6. The fourth-order valence-electron chi connectivity index (χ4n) is 5.27. The van der Waals surface area contributed by atoms with Crippen LogP contribution >= 0.6 is 0 Å². The SMILES string of the molecule is COc1ccc([C@@H]2[C@H](C(=O)N[C@@H]3CCC[C@H](C)[C@H]3C)CC(=O)N2c2ccc(OC)cc2)cc1. The first-order valence-electron chi connectivity index (χ1n) is 11.8. The van der Waals surface area contributed by atoms with Crippen molar-refractivity contribution >= 4 is 17.5 Å². The molecule has 33 heavy (non-hydrogen) atoms. The highest BCUT2D eigenvalue weighted by molar-refractivity contribution is 6.01. The molecule has 1 saturated carbocycles. The summed E-state index contributed by atoms with van der Waals surface area (Å²) in [7, 11) is 3.24. The highest BCUT2D eigenvalue weighted by atomic mass is 16.5. The van der Waals surface area contributed by atoms with E-state index >= 15 is 0 Å². The number of anilines is 1. The maximum absolute atomic E-state index is 13.6. The molecule has 0 aromatic heterocycles. The summed E-state index contributed by atoms with van der Waals surface area (Å²) in [5.41, 5.74) is 1.68. The van der Waals surface area contributed by atoms with E-state index in [-0.39, 0.29) is 30.3 Å². The Morgan fingerprint density at radius 2 is 1.55 bits per heavy atom. The van der Waals surface area contributed by atoms with Gasteiger partial charge in [-0.25, -0.2) is 0 Å². The zero-order chi connectivity index (χ0) is 23.5. The Hall–Kier alpha value is -3.02. The smallest absolute Gasteiger partial charge is 0.228 e. The molecule has 1 aliphatic carbocycles. The van der Waals surface area contributed by atoms with Gasteiger partial charge >= 0.3 is 0 Å². The molecule has 1 N–H and O–H groups in total. The van der Waals surface area contributed by atoms with Crippen LogP contribution in [0.1, 0.15) is 51.1 Å². The van der Waals surface area contributed by atoms with Crippen LogP contribution in [0.2, 0.25) is 0 Å². The van der Waals surface area contributed by atoms with Crippen LogP contribution in [0.5, 0.6) is 11.5 Å². The van der Waals surface area contributed by atoms with Gasteiger partial charge in [0.25, 0.3) is 0 Å². The van der Waals surface area contributed by atoms with Gasteiger partial charge in [-0.3, -0.25) is 9.59 Å². The van der Waals surface area contributed by atoms with E-state index in [9.17, 15) is 9.59 Å². The molecule has 1 aliphatic heterocycles. The average Bonchev–Trinajstić information content (AvgIpc) is 3.19. The number of ether oxygens (including phenoxy) is 2. The number of carbonyl (C=O) groups excluding carboxylic acids is 2. The summed E-state index contributed by atoms with van der Waals surface area (Å²) >= 11 is 0. The zero-order valence-electron chi connectivity index (χ0n) is 19.9. The fraction of sp³-hybridized carbons (Fsp3) is 0.481. The Kier molecular flexibility index (Phi) is 6.91. The van der Waals surface area contributed by atoms with Crippen LogP contribution in [0.25, 0.3) is 0 Å². The van der Waals surface area contributed by atoms with E-state index in [4.69, 9.17) is 9.47 Å². The second kappa shape index (κ2) is 9.86. The topological polar surface area (TPSA) is 67.9 Å². The molecule has 2 aromatic carbocycles. The molecule has 2 aliphatic rings. The predicted octanol–water partition coefficient (Wildman–Crippen LogP) is 4.74. The lowest BCUT2D eigenvalue weighted by Crippen LogP contribution is -2.46. The molecule has 2 amide bonds. The zero-order valence-corrected chi connectivity index (χ0v) is 19.9. The second-order valence-corrected chi connectivity index (χ2v) is 9.37. The Bertz CT molecular complexity index is 973. The van der Waals surface area contributed by atoms with Gasteiger partial charge in [-0.05, 0) is 60.2 Å². The molecule has 0 spiro atoms. The van der Waals surface area contributed by atoms with E-state index in [2.05, 4.69) is 19.2 Å². The van der Waals surface area contributed by atoms with Gasteiger partial charge in [0.1, 0.15) is 11.5 Å². The largest absolute Gasteiger partial charge is 0.497 e. The van der Waals surface area contributed by atoms with Gasteiger partial charge in [-0.15, -0.1) is 0 Å². The number of hydrogen-bond acceptors (Lipinski definition) is 4. The first kappa shape index (κ1) is 23.1. The lowest BCUT2D eigenvalue weighted by atomic mass is 9.77. The standard InChI is InChI=1S/C27H34N2O4/c1-17-6-5-7-24(18(17)2)28-27(31)23-16-25(30)29(20-10-14-22(33-4)15-11-20)26(23)19-8-12-21(32-3)13-9-19/h8-15,17-18,23-24,26H,5-7,16H2,1-4H3,(H,28,31)/t17-,18+,23+,24+,26+/m0/s1. The first-order chi connectivity index (χ1) is 15.9. The van der Waals surface area contributed by atoms with Crippen molar-refractivity contribution in [2.24, 2.45) is 17.8 Å². The monoisotopic (exact) mass is 450 g/mol. The van der Waals surface area contributed by atoms with Crippen molar-refractivity contribution < 1.29 is 19.1 Å². The number of rotatable bonds is 6. The Morgan fingerprint density at radius 1 is 0.939 bits per heavy atom. The Morgan fingerprint density at radius 3 is 2.15 bits per heavy atom. The van der Waals surface area contributed by atoms with E-state index in [1.807, 2.05) is 48.5 Å². The maximum atomic E-state index is 13.6. The van der Waals surface area contributed by atoms with Crippen molar-refractivity contribution in [1.82, 2.24) is 5.32 Å². The molecular formula is C27H34N2O4. The van der Waals surface area contributed by atoms with Gasteiger partial charge in [0.15, 0.2) is 0 Å². The summed E-state index contributed by atoms with van der Waals surface area (Å²) in [6.07, 6.45) is 3.51. The highest BCUT2D eigenvalue weighted by Crippen LogP contribution is 2.42. The quantitative estimate of drug-likeness (QED) is 0.690. The van der Waals surface area contributed by atoms with Crippen molar-refractivity contribution in [3.8, 4) is 11.5 Å². The van der Waals surface area contributed by atoms with E-state index in [1.54, 1.807) is 19.1 Å². The summed E-state index contributed by atoms with van der Waals surface area (Å²) in [5, 5.41) is 3.31. The second-order valence-electron chi connectivity index (χ2n) is 9.37. The third kappa shape index (κ3) is 4.70. The van der Waals surface area contributed by atoms with Crippen molar-refractivity contribution in [3.05, 3.63) is 54.1 Å². The molecule has 5 atom stereocenters. The van der Waals surface area contributed by atoms with Gasteiger partial charge in [-0.1, -0.05) is 38.8 Å². The summed E-state index contributed by atoms with van der Waals surface area (Å²) in [5.74, 6) is 1.93. The summed E-state index contributed by atoms with van der Waals surface area (Å²) in [6, 6.07) is 14.9. The van der Waals surface area contributed by atoms with Crippen LogP contribution in [0.4, 0.5) is 5.69 Å². The third-order valence-corrected chi connectivity index (χ3v) is 7.50. The molecule has 4 rings (SSSR count). The molecule has 176 valence electrons. The van der Waals surface area contributed by atoms with Crippen LogP contribution in [0, 0.1) is 17.8 Å². The minimum Gasteiger partial charge on any atom is -0.497 e. The van der Waals surface area contributed by atoms with E-state index in [0.29, 0.717) is 11.8 Å². The van der Waals surface area contributed by atoms with Gasteiger partial charge in [0, 0.05) is 18.2 Å². The molecule has 0 bridgehead atoms. The van der Waals surface area contributed by atoms with Crippen molar-refractivity contribution in [1.29, 1.82) is 0 Å². The number of amides is 2. The number of hydrogen-bond donors (Lipinski definition) is 1. The van der Waals surface area contributed by atoms with Gasteiger partial charge < -0.3 is 19.7 Å². The summed E-state index contributed by atoms with van der Waals surface area (Å²) in [4.78, 5) is 28.6. The average molecular weight is 451 g/mol. The highest BCUT2D eigenvalue weighted by Gasteiger charge is 2.46. The Balaban J connectivity index is 1.65. The third-order valence-electron chi connectivity index (χ3n) is 7.50. The fourth-order valence-corrected chi connectivity index (χ4v) is 5.27. The number of nitrogens with zero attached hydrogens (tertiary/aromatic N) is 1. The lowest BCUT2D eigenvalue weighted by Gasteiger charge is -2.36.